The minimum atomic E-state index is -0.184. The van der Waals surface area contributed by atoms with Crippen LogP contribution < -0.4 is 0 Å². The molecule has 0 aliphatic carbocycles. The van der Waals surface area contributed by atoms with Crippen molar-refractivity contribution in [3.05, 3.63) is 0 Å². The number of rotatable bonds is 8. The summed E-state index contributed by atoms with van der Waals surface area (Å²) in [5.41, 5.74) is 0. The fourth-order valence-corrected chi connectivity index (χ4v) is 2.30. The average molecular weight is 269 g/mol. The van der Waals surface area contributed by atoms with Crippen LogP contribution in [0.5, 0.6) is 0 Å². The highest BCUT2D eigenvalue weighted by Gasteiger charge is 2.08. The molecule has 0 radical (unpaired) electrons. The van der Waals surface area contributed by atoms with Gasteiger partial charge in [0.15, 0.2) is 6.29 Å². The van der Waals surface area contributed by atoms with E-state index in [0.29, 0.717) is 19.0 Å². The van der Waals surface area contributed by atoms with Gasteiger partial charge in [-0.25, -0.2) is 0 Å². The molecule has 0 spiro atoms. The lowest BCUT2D eigenvalue weighted by Gasteiger charge is -2.15. The largest absolute Gasteiger partial charge is 0.453 e. The Bertz CT molecular complexity index is 180. The number of hydrogen-bond acceptors (Lipinski definition) is 7. The van der Waals surface area contributed by atoms with Gasteiger partial charge in [0.25, 0.3) is 0 Å². The van der Waals surface area contributed by atoms with Crippen molar-refractivity contribution < 1.29 is 18.9 Å². The summed E-state index contributed by atoms with van der Waals surface area (Å²) in [5, 5.41) is 0. The lowest BCUT2D eigenvalue weighted by atomic mass is 10.7. The smallest absolute Gasteiger partial charge is 0.395 e. The van der Waals surface area contributed by atoms with Gasteiger partial charge in [-0.05, 0) is 13.8 Å². The highest BCUT2D eigenvalue weighted by Crippen LogP contribution is 2.24. The zero-order valence-electron chi connectivity index (χ0n) is 10.1. The summed E-state index contributed by atoms with van der Waals surface area (Å²) in [6.45, 7) is 5.16. The molecule has 7 heteroatoms. The predicted molar refractivity (Wildman–Crippen MR) is 68.5 cm³/mol. The summed E-state index contributed by atoms with van der Waals surface area (Å²) < 4.78 is 24.4. The quantitative estimate of drug-likeness (QED) is 0.168. The molecule has 0 bridgehead atoms. The molecule has 0 rings (SSSR count). The van der Waals surface area contributed by atoms with Crippen LogP contribution >= 0.6 is 21.8 Å². The van der Waals surface area contributed by atoms with E-state index in [0.717, 1.165) is 0 Å². The third-order valence-corrected chi connectivity index (χ3v) is 3.11. The third kappa shape index (κ3) is 8.09. The molecule has 0 atom stereocenters. The highest BCUT2D eigenvalue weighted by molar-refractivity contribution is 8.76. The number of nitrogens with zero attached hydrogens (tertiary/aromatic N) is 1. The van der Waals surface area contributed by atoms with Crippen molar-refractivity contribution in [1.82, 2.24) is 0 Å². The molecule has 0 aromatic carbocycles. The molecule has 16 heavy (non-hydrogen) atoms. The standard InChI is InChI=1S/C9H19NO4S2/c1-5-13-8(14-6-2)7-15-16-10-9(11-3)12-4/h8H,5-7H2,1-4H3. The van der Waals surface area contributed by atoms with Crippen LogP contribution in [-0.2, 0) is 18.9 Å². The maximum absolute atomic E-state index is 5.37. The molecule has 96 valence electrons. The van der Waals surface area contributed by atoms with Crippen molar-refractivity contribution in [2.45, 2.75) is 20.1 Å². The normalized spacial score (nSPS) is 10.3. The first-order chi connectivity index (χ1) is 7.78. The Morgan fingerprint density at radius 1 is 1.12 bits per heavy atom. The van der Waals surface area contributed by atoms with E-state index in [1.165, 1.54) is 36.0 Å². The second-order valence-electron chi connectivity index (χ2n) is 2.46. The van der Waals surface area contributed by atoms with Crippen molar-refractivity contribution in [1.29, 1.82) is 0 Å². The second kappa shape index (κ2) is 11.4. The summed E-state index contributed by atoms with van der Waals surface area (Å²) >= 11 is 0. The van der Waals surface area contributed by atoms with Gasteiger partial charge in [-0.15, -0.1) is 4.40 Å². The fourth-order valence-electron chi connectivity index (χ4n) is 0.817. The Kier molecular flexibility index (Phi) is 11.3. The summed E-state index contributed by atoms with van der Waals surface area (Å²) in [6.07, 6.45) is 0.0677. The molecule has 0 amide bonds. The van der Waals surface area contributed by atoms with Crippen molar-refractivity contribution in [2.75, 3.05) is 33.2 Å². The van der Waals surface area contributed by atoms with E-state index < -0.39 is 0 Å². The Balaban J connectivity index is 3.71. The molecule has 5 nitrogen and oxygen atoms in total. The summed E-state index contributed by atoms with van der Waals surface area (Å²) in [5.74, 6) is 0.705. The molecule has 0 aromatic rings. The van der Waals surface area contributed by atoms with Crippen LogP contribution in [0, 0.1) is 0 Å². The third-order valence-electron chi connectivity index (χ3n) is 1.42. The first kappa shape index (κ1) is 15.9. The second-order valence-corrected chi connectivity index (χ2v) is 4.52. The summed E-state index contributed by atoms with van der Waals surface area (Å²) in [4.78, 5) is 0. The monoisotopic (exact) mass is 269 g/mol. The van der Waals surface area contributed by atoms with Gasteiger partial charge in [0.2, 0.25) is 0 Å². The minimum absolute atomic E-state index is 0.184. The molecule has 0 saturated carbocycles. The van der Waals surface area contributed by atoms with Crippen LogP contribution in [0.15, 0.2) is 4.40 Å². The van der Waals surface area contributed by atoms with Gasteiger partial charge in [-0.1, -0.05) is 10.8 Å². The van der Waals surface area contributed by atoms with Crippen LogP contribution in [0.3, 0.4) is 0 Å². The molecule has 0 aliphatic heterocycles. The van der Waals surface area contributed by atoms with Crippen LogP contribution in [0.2, 0.25) is 0 Å². The number of ether oxygens (including phenoxy) is 4. The molecule has 0 unspecified atom stereocenters. The van der Waals surface area contributed by atoms with E-state index in [2.05, 4.69) is 4.40 Å². The van der Waals surface area contributed by atoms with Gasteiger partial charge in [-0.3, -0.25) is 0 Å². The van der Waals surface area contributed by atoms with Crippen LogP contribution in [0.25, 0.3) is 0 Å². The molecule has 0 aliphatic rings. The lowest BCUT2D eigenvalue weighted by Crippen LogP contribution is -2.19. The number of hydrogen-bond donors (Lipinski definition) is 0. The lowest BCUT2D eigenvalue weighted by molar-refractivity contribution is -0.119. The van der Waals surface area contributed by atoms with Crippen molar-refractivity contribution in [2.24, 2.45) is 4.40 Å². The summed E-state index contributed by atoms with van der Waals surface area (Å²) in [6, 6.07) is 0. The summed E-state index contributed by atoms with van der Waals surface area (Å²) in [7, 11) is 5.83. The van der Waals surface area contributed by atoms with Gasteiger partial charge in [-0.2, -0.15) is 0 Å². The molecular weight excluding hydrogens is 250 g/mol. The van der Waals surface area contributed by atoms with Gasteiger partial charge in [0.1, 0.15) is 0 Å². The van der Waals surface area contributed by atoms with Gasteiger partial charge >= 0.3 is 6.08 Å². The van der Waals surface area contributed by atoms with Gasteiger partial charge in [0.05, 0.1) is 31.0 Å². The maximum atomic E-state index is 5.37. The fraction of sp³-hybridized carbons (Fsp3) is 0.889. The predicted octanol–water partition coefficient (Wildman–Crippen LogP) is 2.33. The van der Waals surface area contributed by atoms with E-state index in [4.69, 9.17) is 18.9 Å². The van der Waals surface area contributed by atoms with Crippen LogP contribution in [0.1, 0.15) is 13.8 Å². The Morgan fingerprint density at radius 3 is 2.12 bits per heavy atom. The number of methoxy groups -OCH3 is 2. The van der Waals surface area contributed by atoms with Crippen molar-refractivity contribution in [3.63, 3.8) is 0 Å². The van der Waals surface area contributed by atoms with E-state index >= 15 is 0 Å². The molecule has 0 fully saturated rings. The van der Waals surface area contributed by atoms with Crippen LogP contribution in [0.4, 0.5) is 0 Å². The van der Waals surface area contributed by atoms with Crippen molar-refractivity contribution >= 4 is 27.9 Å². The average Bonchev–Trinajstić information content (AvgIpc) is 2.30. The van der Waals surface area contributed by atoms with E-state index in [9.17, 15) is 0 Å². The highest BCUT2D eigenvalue weighted by atomic mass is 33.1. The van der Waals surface area contributed by atoms with Crippen molar-refractivity contribution in [3.8, 4) is 0 Å². The molecular formula is C9H19NO4S2. The molecule has 0 heterocycles. The van der Waals surface area contributed by atoms with Gasteiger partial charge < -0.3 is 18.9 Å². The first-order valence-electron chi connectivity index (χ1n) is 4.96. The van der Waals surface area contributed by atoms with E-state index in [-0.39, 0.29) is 12.4 Å². The minimum Gasteiger partial charge on any atom is -0.453 e. The van der Waals surface area contributed by atoms with E-state index in [1.54, 1.807) is 0 Å². The Morgan fingerprint density at radius 2 is 1.69 bits per heavy atom. The first-order valence-corrected chi connectivity index (χ1v) is 7.23. The molecule has 0 saturated heterocycles. The molecule has 0 N–H and O–H groups in total. The maximum Gasteiger partial charge on any atom is 0.395 e. The zero-order chi connectivity index (χ0) is 12.2. The Labute approximate surface area is 105 Å². The molecule has 0 aromatic heterocycles. The zero-order valence-corrected chi connectivity index (χ0v) is 11.7. The Hall–Kier alpha value is -0.110. The van der Waals surface area contributed by atoms with Crippen LogP contribution in [-0.4, -0.2) is 45.6 Å². The SMILES string of the molecule is CCOC(CSSN=C(OC)OC)OCC. The van der Waals surface area contributed by atoms with E-state index in [1.807, 2.05) is 13.8 Å². The van der Waals surface area contributed by atoms with Gasteiger partial charge in [0, 0.05) is 13.2 Å². The topological polar surface area (TPSA) is 49.3 Å².